The average Bonchev–Trinajstić information content (AvgIpc) is 2.32. The highest BCUT2D eigenvalue weighted by atomic mass is 79.9. The van der Waals surface area contributed by atoms with Crippen LogP contribution >= 0.6 is 15.9 Å². The van der Waals surface area contributed by atoms with Gasteiger partial charge >= 0.3 is 0 Å². The Hall–Kier alpha value is -0.580. The van der Waals surface area contributed by atoms with Crippen molar-refractivity contribution in [1.82, 2.24) is 0 Å². The Bertz CT molecular complexity index is 397. The second-order valence-electron chi connectivity index (χ2n) is 4.71. The topological polar surface area (TPSA) is 43.7 Å². The van der Waals surface area contributed by atoms with Crippen LogP contribution in [-0.4, -0.2) is 29.4 Å². The fourth-order valence-electron chi connectivity index (χ4n) is 2.14. The van der Waals surface area contributed by atoms with Crippen molar-refractivity contribution in [3.8, 4) is 0 Å². The number of rotatable bonds is 2. The molecule has 17 heavy (non-hydrogen) atoms. The van der Waals surface area contributed by atoms with E-state index in [1.54, 1.807) is 0 Å². The molecule has 0 saturated carbocycles. The third-order valence-electron chi connectivity index (χ3n) is 3.49. The largest absolute Gasteiger partial charge is 0.392 e. The maximum atomic E-state index is 9.89. The SMILES string of the molecule is CC1CCN(c2ccc(CO)c(Br)c2)CC1O. The summed E-state index contributed by atoms with van der Waals surface area (Å²) in [6.07, 6.45) is 0.764. The first kappa shape index (κ1) is 12.9. The highest BCUT2D eigenvalue weighted by Crippen LogP contribution is 2.27. The van der Waals surface area contributed by atoms with Crippen LogP contribution in [0.1, 0.15) is 18.9 Å². The lowest BCUT2D eigenvalue weighted by molar-refractivity contribution is 0.103. The molecule has 2 unspecified atom stereocenters. The summed E-state index contributed by atoms with van der Waals surface area (Å²) in [5.41, 5.74) is 1.99. The number of aliphatic hydroxyl groups is 2. The summed E-state index contributed by atoms with van der Waals surface area (Å²) in [6, 6.07) is 5.93. The quantitative estimate of drug-likeness (QED) is 0.879. The van der Waals surface area contributed by atoms with E-state index in [1.807, 2.05) is 18.2 Å². The summed E-state index contributed by atoms with van der Waals surface area (Å²) >= 11 is 3.45. The normalized spacial score (nSPS) is 25.1. The van der Waals surface area contributed by atoms with Gasteiger partial charge in [0, 0.05) is 23.2 Å². The summed E-state index contributed by atoms with van der Waals surface area (Å²) in [4.78, 5) is 2.19. The fourth-order valence-corrected chi connectivity index (χ4v) is 2.64. The van der Waals surface area contributed by atoms with Crippen LogP contribution < -0.4 is 4.90 Å². The first-order valence-corrected chi connectivity index (χ1v) is 6.73. The van der Waals surface area contributed by atoms with Gasteiger partial charge in [0.25, 0.3) is 0 Å². The molecular weight excluding hydrogens is 282 g/mol. The minimum atomic E-state index is -0.250. The minimum absolute atomic E-state index is 0.0422. The standard InChI is InChI=1S/C13H18BrNO2/c1-9-4-5-15(7-13(9)17)11-3-2-10(8-16)12(14)6-11/h2-3,6,9,13,16-17H,4-5,7-8H2,1H3. The molecule has 1 aliphatic rings. The molecule has 94 valence electrons. The summed E-state index contributed by atoms with van der Waals surface area (Å²) in [5.74, 6) is 0.381. The number of aliphatic hydroxyl groups excluding tert-OH is 2. The third-order valence-corrected chi connectivity index (χ3v) is 4.23. The van der Waals surface area contributed by atoms with Crippen LogP contribution in [0.4, 0.5) is 5.69 Å². The van der Waals surface area contributed by atoms with Gasteiger partial charge in [-0.05, 0) is 30.0 Å². The molecule has 4 heteroatoms. The smallest absolute Gasteiger partial charge is 0.0741 e. The number of hydrogen-bond acceptors (Lipinski definition) is 3. The molecule has 0 amide bonds. The van der Waals surface area contributed by atoms with E-state index in [-0.39, 0.29) is 12.7 Å². The molecule has 3 nitrogen and oxygen atoms in total. The average molecular weight is 300 g/mol. The van der Waals surface area contributed by atoms with Crippen molar-refractivity contribution in [3.05, 3.63) is 28.2 Å². The van der Waals surface area contributed by atoms with Crippen LogP contribution in [0.2, 0.25) is 0 Å². The van der Waals surface area contributed by atoms with Crippen molar-refractivity contribution in [2.45, 2.75) is 26.1 Å². The molecule has 1 aliphatic heterocycles. The zero-order chi connectivity index (χ0) is 12.4. The summed E-state index contributed by atoms with van der Waals surface area (Å²) in [5, 5.41) is 19.0. The van der Waals surface area contributed by atoms with Crippen LogP contribution in [0.15, 0.2) is 22.7 Å². The Morgan fingerprint density at radius 2 is 2.24 bits per heavy atom. The summed E-state index contributed by atoms with van der Waals surface area (Å²) < 4.78 is 0.922. The Kier molecular flexibility index (Phi) is 4.07. The third kappa shape index (κ3) is 2.81. The van der Waals surface area contributed by atoms with E-state index in [4.69, 9.17) is 5.11 Å². The summed E-state index contributed by atoms with van der Waals surface area (Å²) in [6.45, 7) is 3.79. The molecule has 0 bridgehead atoms. The highest BCUT2D eigenvalue weighted by molar-refractivity contribution is 9.10. The molecule has 2 atom stereocenters. The molecule has 2 rings (SSSR count). The number of hydrogen-bond donors (Lipinski definition) is 2. The van der Waals surface area contributed by atoms with Gasteiger partial charge in [-0.2, -0.15) is 0 Å². The van der Waals surface area contributed by atoms with Crippen LogP contribution in [-0.2, 0) is 6.61 Å². The lowest BCUT2D eigenvalue weighted by Gasteiger charge is -2.36. The van der Waals surface area contributed by atoms with Crippen molar-refractivity contribution >= 4 is 21.6 Å². The molecule has 1 aromatic carbocycles. The maximum absolute atomic E-state index is 9.89. The number of piperidine rings is 1. The van der Waals surface area contributed by atoms with Gasteiger partial charge in [-0.15, -0.1) is 0 Å². The van der Waals surface area contributed by atoms with Gasteiger partial charge in [-0.25, -0.2) is 0 Å². The highest BCUT2D eigenvalue weighted by Gasteiger charge is 2.24. The monoisotopic (exact) mass is 299 g/mol. The molecule has 1 fully saturated rings. The van der Waals surface area contributed by atoms with E-state index >= 15 is 0 Å². The molecule has 2 N–H and O–H groups in total. The zero-order valence-electron chi connectivity index (χ0n) is 9.93. The Balaban J connectivity index is 2.15. The second-order valence-corrected chi connectivity index (χ2v) is 5.57. The molecule has 0 spiro atoms. The van der Waals surface area contributed by atoms with E-state index in [9.17, 15) is 5.11 Å². The lowest BCUT2D eigenvalue weighted by Crippen LogP contribution is -2.42. The van der Waals surface area contributed by atoms with Gasteiger partial charge in [-0.3, -0.25) is 0 Å². The van der Waals surface area contributed by atoms with Gasteiger partial charge < -0.3 is 15.1 Å². The predicted octanol–water partition coefficient (Wildman–Crippen LogP) is 2.15. The van der Waals surface area contributed by atoms with Crippen LogP contribution in [0.25, 0.3) is 0 Å². The minimum Gasteiger partial charge on any atom is -0.392 e. The summed E-state index contributed by atoms with van der Waals surface area (Å²) in [7, 11) is 0. The Labute approximate surface area is 110 Å². The van der Waals surface area contributed by atoms with Crippen molar-refractivity contribution < 1.29 is 10.2 Å². The first-order valence-electron chi connectivity index (χ1n) is 5.94. The van der Waals surface area contributed by atoms with Gasteiger partial charge in [0.1, 0.15) is 0 Å². The van der Waals surface area contributed by atoms with E-state index in [0.29, 0.717) is 12.5 Å². The van der Waals surface area contributed by atoms with Crippen LogP contribution in [0, 0.1) is 5.92 Å². The molecule has 1 heterocycles. The molecule has 1 aromatic rings. The van der Waals surface area contributed by atoms with Crippen molar-refractivity contribution in [2.75, 3.05) is 18.0 Å². The van der Waals surface area contributed by atoms with Gasteiger partial charge in [0.15, 0.2) is 0 Å². The Morgan fingerprint density at radius 1 is 1.47 bits per heavy atom. The van der Waals surface area contributed by atoms with E-state index in [1.165, 1.54) is 0 Å². The van der Waals surface area contributed by atoms with Crippen molar-refractivity contribution in [3.63, 3.8) is 0 Å². The number of anilines is 1. The van der Waals surface area contributed by atoms with Crippen molar-refractivity contribution in [2.24, 2.45) is 5.92 Å². The number of halogens is 1. The second kappa shape index (κ2) is 5.38. The molecule has 0 aromatic heterocycles. The van der Waals surface area contributed by atoms with Gasteiger partial charge in [0.05, 0.1) is 12.7 Å². The zero-order valence-corrected chi connectivity index (χ0v) is 11.5. The lowest BCUT2D eigenvalue weighted by atomic mass is 9.95. The Morgan fingerprint density at radius 3 is 2.82 bits per heavy atom. The van der Waals surface area contributed by atoms with Crippen LogP contribution in [0.3, 0.4) is 0 Å². The van der Waals surface area contributed by atoms with E-state index in [0.717, 1.165) is 28.7 Å². The molecule has 0 aliphatic carbocycles. The van der Waals surface area contributed by atoms with Crippen molar-refractivity contribution in [1.29, 1.82) is 0 Å². The van der Waals surface area contributed by atoms with Gasteiger partial charge in [-0.1, -0.05) is 28.9 Å². The molecule has 1 saturated heterocycles. The number of β-amino-alcohol motifs (C(OH)–C–C–N with tert-alkyl or cyclic N) is 1. The maximum Gasteiger partial charge on any atom is 0.0741 e. The molecular formula is C13H18BrNO2. The first-order chi connectivity index (χ1) is 8.11. The predicted molar refractivity (Wildman–Crippen MR) is 72.1 cm³/mol. The van der Waals surface area contributed by atoms with Gasteiger partial charge in [0.2, 0.25) is 0 Å². The molecule has 0 radical (unpaired) electrons. The van der Waals surface area contributed by atoms with E-state index in [2.05, 4.69) is 27.8 Å². The fraction of sp³-hybridized carbons (Fsp3) is 0.538. The van der Waals surface area contributed by atoms with Crippen LogP contribution in [0.5, 0.6) is 0 Å². The number of benzene rings is 1. The number of nitrogens with zero attached hydrogens (tertiary/aromatic N) is 1. The van der Waals surface area contributed by atoms with E-state index < -0.39 is 0 Å².